The van der Waals surface area contributed by atoms with Crippen molar-refractivity contribution in [2.45, 2.75) is 0 Å². The van der Waals surface area contributed by atoms with E-state index in [9.17, 15) is 0 Å². The van der Waals surface area contributed by atoms with Crippen molar-refractivity contribution in [1.82, 2.24) is 0 Å². The summed E-state index contributed by atoms with van der Waals surface area (Å²) in [4.78, 5) is 0. The fourth-order valence-corrected chi connectivity index (χ4v) is 0. The molecule has 9 heavy (non-hydrogen) atoms. The molecule has 0 amide bonds. The Morgan fingerprint density at radius 1 is 0.444 bits per heavy atom. The molecule has 0 fully saturated rings. The first-order chi connectivity index (χ1) is 1.00. The fourth-order valence-electron chi connectivity index (χ4n) is 0. The van der Waals surface area contributed by atoms with Crippen molar-refractivity contribution in [2.75, 3.05) is 0 Å². The summed E-state index contributed by atoms with van der Waals surface area (Å²) in [5.41, 5.74) is 0. The largest absolute Gasteiger partial charge is 0 e. The third-order valence-corrected chi connectivity index (χ3v) is 0. The Hall–Kier alpha value is 3.72. The second kappa shape index (κ2) is 97.3. The van der Waals surface area contributed by atoms with E-state index in [0.29, 0.717) is 0 Å². The predicted molar refractivity (Wildman–Crippen MR) is 33.2 cm³/mol. The van der Waals surface area contributed by atoms with Gasteiger partial charge in [0.15, 0.2) is 0 Å². The minimum absolute atomic E-state index is 0. The van der Waals surface area contributed by atoms with Gasteiger partial charge < -0.3 is 32.9 Å². The van der Waals surface area contributed by atoms with Crippen molar-refractivity contribution >= 4 is 63.2 Å². The molecule has 0 atom stereocenters. The van der Waals surface area contributed by atoms with Gasteiger partial charge in [-0.15, -0.1) is 0 Å². The molecule has 0 aromatic carbocycles. The van der Waals surface area contributed by atoms with E-state index in [-0.39, 0.29) is 53.9 Å². The summed E-state index contributed by atoms with van der Waals surface area (Å²) in [5, 5.41) is 0. The van der Waals surface area contributed by atoms with E-state index in [1.807, 2.05) is 0 Å². The van der Waals surface area contributed by atoms with Crippen molar-refractivity contribution in [3.63, 3.8) is 0 Å². The standard InChI is InChI=1S/2K.6H2O.Pt/h;;6*1H2;. The van der Waals surface area contributed by atoms with E-state index in [4.69, 9.17) is 0 Å². The first-order valence-electron chi connectivity index (χ1n) is 1.00. The maximum atomic E-state index is 1.25. The SMILES string of the molecule is O.O.O.O.O.O.[K][K].[Pt]. The molecule has 12 N–H and O–H groups in total. The van der Waals surface area contributed by atoms with Crippen molar-refractivity contribution in [3.8, 4) is 0 Å². The Labute approximate surface area is 113 Å². The Kier molecular flexibility index (Phi) is 848. The Morgan fingerprint density at radius 3 is 0.444 bits per heavy atom. The van der Waals surface area contributed by atoms with Gasteiger partial charge in [-0.1, -0.05) is 0 Å². The number of rotatable bonds is 0. The molecule has 60 valence electrons. The molecule has 6 nitrogen and oxygen atoms in total. The van der Waals surface area contributed by atoms with Crippen LogP contribution in [0.5, 0.6) is 0 Å². The molecular formula is H12K2O6Pt. The zero-order valence-corrected chi connectivity index (χ0v) is 13.8. The Morgan fingerprint density at radius 2 is 0.444 bits per heavy atom. The van der Waals surface area contributed by atoms with Gasteiger partial charge in [0.05, 0.1) is 0 Å². The van der Waals surface area contributed by atoms with Crippen LogP contribution in [0, 0.1) is 0 Å². The van der Waals surface area contributed by atoms with Crippen LogP contribution in [-0.2, 0) is 21.1 Å². The molecule has 0 aromatic rings. The van der Waals surface area contributed by atoms with E-state index >= 15 is 0 Å². The summed E-state index contributed by atoms with van der Waals surface area (Å²) in [5.74, 6) is 0. The minimum Gasteiger partial charge on any atom is 0 e. The maximum absolute atomic E-state index is 1.25. The molecule has 0 aliphatic rings. The van der Waals surface area contributed by atoms with E-state index < -0.39 is 0 Å². The Bertz CT molecular complexity index is 11.0. The molecule has 0 radical (unpaired) electrons. The van der Waals surface area contributed by atoms with Crippen LogP contribution in [0.3, 0.4) is 0 Å². The monoisotopic (exact) mass is 381 g/mol. The van der Waals surface area contributed by atoms with Gasteiger partial charge in [-0.05, 0) is 0 Å². The van der Waals surface area contributed by atoms with E-state index in [1.54, 1.807) is 0 Å². The zero-order chi connectivity index (χ0) is 2.00. The molecule has 0 aromatic heterocycles. The smallest absolute Gasteiger partial charge is 0 e. The van der Waals surface area contributed by atoms with Gasteiger partial charge in [0.1, 0.15) is 0 Å². The van der Waals surface area contributed by atoms with Gasteiger partial charge in [-0.2, -0.15) is 0 Å². The van der Waals surface area contributed by atoms with Crippen LogP contribution in [0.2, 0.25) is 0 Å². The molecule has 0 saturated carbocycles. The minimum atomic E-state index is 0. The van der Waals surface area contributed by atoms with Crippen LogP contribution < -0.4 is 0 Å². The predicted octanol–water partition coefficient (Wildman–Crippen LogP) is -5.71. The van der Waals surface area contributed by atoms with Gasteiger partial charge in [0.2, 0.25) is 0 Å². The molecule has 0 aliphatic heterocycles. The topological polar surface area (TPSA) is 189 Å². The first kappa shape index (κ1) is 78.4. The molecule has 0 heterocycles. The first-order valence-corrected chi connectivity index (χ1v) is 17.0. The van der Waals surface area contributed by atoms with Crippen LogP contribution in [0.25, 0.3) is 0 Å². The summed E-state index contributed by atoms with van der Waals surface area (Å²) in [6.45, 7) is 0. The van der Waals surface area contributed by atoms with Gasteiger partial charge in [-0.25, -0.2) is 0 Å². The van der Waals surface area contributed by atoms with E-state index in [0.717, 1.165) is 0 Å². The van der Waals surface area contributed by atoms with Crippen LogP contribution in [0.1, 0.15) is 0 Å². The third kappa shape index (κ3) is 80.0. The normalized spacial score (nSPS) is 0.889. The average Bonchev–Trinajstić information content (AvgIpc) is 1.00. The second-order valence-corrected chi connectivity index (χ2v) is 0. The van der Waals surface area contributed by atoms with Crippen molar-refractivity contribution in [1.29, 1.82) is 0 Å². The maximum Gasteiger partial charge on any atom is 0 e. The molecule has 0 aliphatic carbocycles. The molecule has 0 bridgehead atoms. The summed E-state index contributed by atoms with van der Waals surface area (Å²) in [6, 6.07) is 0. The van der Waals surface area contributed by atoms with E-state index in [2.05, 4.69) is 0 Å². The summed E-state index contributed by atoms with van der Waals surface area (Å²) < 4.78 is 0. The molecule has 9 heteroatoms. The average molecular weight is 381 g/mol. The van der Waals surface area contributed by atoms with Crippen molar-refractivity contribution in [3.05, 3.63) is 0 Å². The van der Waals surface area contributed by atoms with Gasteiger partial charge in [-0.3, -0.25) is 0 Å². The van der Waals surface area contributed by atoms with Crippen molar-refractivity contribution in [2.24, 2.45) is 0 Å². The van der Waals surface area contributed by atoms with Crippen LogP contribution >= 0.6 is 0 Å². The summed E-state index contributed by atoms with van der Waals surface area (Å²) in [6.07, 6.45) is 0. The zero-order valence-electron chi connectivity index (χ0n) is 5.32. The van der Waals surface area contributed by atoms with Crippen LogP contribution in [0.4, 0.5) is 0 Å². The molecular weight excluding hydrogens is 369 g/mol. The quantitative estimate of drug-likeness (QED) is 0.362. The molecule has 0 saturated heterocycles. The molecule has 0 spiro atoms. The van der Waals surface area contributed by atoms with Crippen LogP contribution in [-0.4, -0.2) is 96.0 Å². The van der Waals surface area contributed by atoms with Crippen LogP contribution in [0.15, 0.2) is 0 Å². The Balaban J connectivity index is -0.000000000238. The van der Waals surface area contributed by atoms with Gasteiger partial charge in [0, 0.05) is 21.1 Å². The van der Waals surface area contributed by atoms with Crippen molar-refractivity contribution < 1.29 is 53.9 Å². The second-order valence-electron chi connectivity index (χ2n) is 0. The fraction of sp³-hybridized carbons (Fsp3) is 0. The van der Waals surface area contributed by atoms with Gasteiger partial charge >= 0.3 is 63.2 Å². The van der Waals surface area contributed by atoms with E-state index in [1.165, 1.54) is 63.2 Å². The summed E-state index contributed by atoms with van der Waals surface area (Å²) in [7, 11) is 0. The van der Waals surface area contributed by atoms with Gasteiger partial charge in [0.25, 0.3) is 0 Å². The molecule has 0 unspecified atom stereocenters. The number of hydrogen-bond donors (Lipinski definition) is 0. The third-order valence-electron chi connectivity index (χ3n) is 0. The molecule has 0 rings (SSSR count). The number of hydrogen-bond acceptors (Lipinski definition) is 0. The summed E-state index contributed by atoms with van der Waals surface area (Å²) >= 11 is 2.50.